The fraction of sp³-hybridized carbons (Fsp3) is 0.250. The Morgan fingerprint density at radius 1 is 0.795 bits per heavy atom. The highest BCUT2D eigenvalue weighted by Crippen LogP contribution is 2.39. The molecule has 0 radical (unpaired) electrons. The highest BCUT2D eigenvalue weighted by molar-refractivity contribution is 5.83. The molecule has 0 spiro atoms. The number of aromatic hydroxyl groups is 1. The number of nitrogens with zero attached hydrogens (tertiary/aromatic N) is 4. The topological polar surface area (TPSA) is 89.4 Å². The van der Waals surface area contributed by atoms with Gasteiger partial charge in [0, 0.05) is 41.1 Å². The first-order valence-corrected chi connectivity index (χ1v) is 13.6. The Labute approximate surface area is 227 Å². The maximum absolute atomic E-state index is 9.88. The lowest BCUT2D eigenvalue weighted by Gasteiger charge is -2.38. The summed E-state index contributed by atoms with van der Waals surface area (Å²) in [6, 6.07) is 28.3. The summed E-state index contributed by atoms with van der Waals surface area (Å²) in [5.41, 5.74) is 14.2. The molecule has 7 nitrogen and oxygen atoms in total. The number of imidazole rings is 1. The maximum Gasteiger partial charge on any atom is 0.165 e. The van der Waals surface area contributed by atoms with Crippen LogP contribution in [0.4, 0.5) is 5.69 Å². The molecule has 2 aliphatic rings. The summed E-state index contributed by atoms with van der Waals surface area (Å²) in [5.74, 6) is 0.996. The van der Waals surface area contributed by atoms with Gasteiger partial charge in [0.25, 0.3) is 0 Å². The summed E-state index contributed by atoms with van der Waals surface area (Å²) in [5, 5.41) is 9.88. The molecule has 7 heteroatoms. The van der Waals surface area contributed by atoms with Crippen molar-refractivity contribution in [3.05, 3.63) is 90.5 Å². The predicted octanol–water partition coefficient (Wildman–Crippen LogP) is 5.63. The predicted molar refractivity (Wildman–Crippen MR) is 154 cm³/mol. The number of morpholine rings is 1. The van der Waals surface area contributed by atoms with Gasteiger partial charge in [-0.15, -0.1) is 0 Å². The molecule has 0 bridgehead atoms. The minimum atomic E-state index is -0.216. The molecule has 2 fully saturated rings. The number of ether oxygens (including phenoxy) is 1. The Balaban J connectivity index is 1.35. The average molecular weight is 518 g/mol. The summed E-state index contributed by atoms with van der Waals surface area (Å²) in [4.78, 5) is 12.5. The minimum Gasteiger partial charge on any atom is -0.508 e. The number of aromatic nitrogens is 3. The number of fused-ring (bicyclic) bond motifs is 1. The number of benzene rings is 3. The summed E-state index contributed by atoms with van der Waals surface area (Å²) in [6.45, 7) is 3.27. The second-order valence-electron chi connectivity index (χ2n) is 10.6. The molecule has 1 aliphatic carbocycles. The Morgan fingerprint density at radius 2 is 1.56 bits per heavy atom. The summed E-state index contributed by atoms with van der Waals surface area (Å²) in [6.07, 6.45) is 3.22. The molecule has 3 aromatic carbocycles. The van der Waals surface area contributed by atoms with Crippen LogP contribution in [0.15, 0.2) is 84.9 Å². The molecule has 39 heavy (non-hydrogen) atoms. The third-order valence-corrected chi connectivity index (χ3v) is 8.09. The smallest absolute Gasteiger partial charge is 0.165 e. The van der Waals surface area contributed by atoms with Gasteiger partial charge in [-0.1, -0.05) is 24.3 Å². The number of anilines is 1. The maximum atomic E-state index is 9.88. The van der Waals surface area contributed by atoms with Crippen molar-refractivity contribution >= 4 is 16.9 Å². The van der Waals surface area contributed by atoms with E-state index in [-0.39, 0.29) is 11.3 Å². The van der Waals surface area contributed by atoms with Crippen molar-refractivity contribution in [2.24, 2.45) is 5.73 Å². The molecule has 1 saturated heterocycles. The van der Waals surface area contributed by atoms with E-state index in [0.717, 1.165) is 78.6 Å². The highest BCUT2D eigenvalue weighted by atomic mass is 16.5. The van der Waals surface area contributed by atoms with Gasteiger partial charge in [0.15, 0.2) is 5.65 Å². The standard InChI is InChI=1S/C32H31N5O2/c33-32(15-2-16-32)24-7-9-25(10-8-24)37-30(22-5-11-27(38)12-6-22)35-29-14-13-28(34-31(29)37)23-3-1-4-26(21-23)36-17-19-39-20-18-36/h1,3-14,21,38H,2,15-20,33H2. The van der Waals surface area contributed by atoms with Crippen molar-refractivity contribution in [1.29, 1.82) is 0 Å². The summed E-state index contributed by atoms with van der Waals surface area (Å²) < 4.78 is 7.64. The van der Waals surface area contributed by atoms with Crippen LogP contribution in [0.3, 0.4) is 0 Å². The van der Waals surface area contributed by atoms with Gasteiger partial charge in [0.1, 0.15) is 17.1 Å². The van der Waals surface area contributed by atoms with Crippen molar-refractivity contribution in [3.63, 3.8) is 0 Å². The van der Waals surface area contributed by atoms with E-state index < -0.39 is 0 Å². The van der Waals surface area contributed by atoms with Crippen LogP contribution in [0.1, 0.15) is 24.8 Å². The number of rotatable bonds is 5. The molecule has 3 N–H and O–H groups in total. The molecular formula is C32H31N5O2. The van der Waals surface area contributed by atoms with E-state index in [2.05, 4.69) is 58.0 Å². The van der Waals surface area contributed by atoms with Gasteiger partial charge in [-0.25, -0.2) is 9.97 Å². The second-order valence-corrected chi connectivity index (χ2v) is 10.6. The largest absolute Gasteiger partial charge is 0.508 e. The van der Waals surface area contributed by atoms with Crippen LogP contribution in [-0.2, 0) is 10.3 Å². The van der Waals surface area contributed by atoms with Gasteiger partial charge in [0.05, 0.1) is 18.9 Å². The van der Waals surface area contributed by atoms with Gasteiger partial charge in [-0.05, 0) is 85.5 Å². The van der Waals surface area contributed by atoms with E-state index in [1.54, 1.807) is 12.1 Å². The minimum absolute atomic E-state index is 0.216. The molecule has 196 valence electrons. The zero-order chi connectivity index (χ0) is 26.4. The van der Waals surface area contributed by atoms with E-state index >= 15 is 0 Å². The van der Waals surface area contributed by atoms with Crippen molar-refractivity contribution < 1.29 is 9.84 Å². The fourth-order valence-electron chi connectivity index (χ4n) is 5.64. The third-order valence-electron chi connectivity index (χ3n) is 8.09. The molecule has 3 heterocycles. The quantitative estimate of drug-likeness (QED) is 0.314. The van der Waals surface area contributed by atoms with Crippen LogP contribution in [0.2, 0.25) is 0 Å². The molecule has 0 unspecified atom stereocenters. The zero-order valence-electron chi connectivity index (χ0n) is 21.8. The Bertz CT molecular complexity index is 1630. The SMILES string of the molecule is NC1(c2ccc(-n3c(-c4ccc(O)cc4)nc4ccc(-c5cccc(N6CCOCC6)c5)nc43)cc2)CCC1. The molecule has 2 aromatic heterocycles. The van der Waals surface area contributed by atoms with Crippen LogP contribution in [0.5, 0.6) is 5.75 Å². The van der Waals surface area contributed by atoms with E-state index in [9.17, 15) is 5.11 Å². The third kappa shape index (κ3) is 4.33. The number of pyridine rings is 1. The fourth-order valence-corrected chi connectivity index (χ4v) is 5.64. The molecule has 1 aliphatic heterocycles. The lowest BCUT2D eigenvalue weighted by atomic mass is 9.73. The number of phenols is 1. The van der Waals surface area contributed by atoms with Crippen LogP contribution in [0.25, 0.3) is 39.5 Å². The van der Waals surface area contributed by atoms with Gasteiger partial charge in [-0.2, -0.15) is 0 Å². The second kappa shape index (κ2) is 9.52. The highest BCUT2D eigenvalue weighted by Gasteiger charge is 2.34. The van der Waals surface area contributed by atoms with Crippen molar-refractivity contribution in [1.82, 2.24) is 14.5 Å². The Kier molecular flexibility index (Phi) is 5.83. The number of hydrogen-bond donors (Lipinski definition) is 2. The molecular weight excluding hydrogens is 486 g/mol. The van der Waals surface area contributed by atoms with Crippen molar-refractivity contribution in [2.75, 3.05) is 31.2 Å². The summed E-state index contributed by atoms with van der Waals surface area (Å²) in [7, 11) is 0. The number of hydrogen-bond acceptors (Lipinski definition) is 6. The first-order valence-electron chi connectivity index (χ1n) is 13.6. The lowest BCUT2D eigenvalue weighted by Crippen LogP contribution is -2.43. The first-order chi connectivity index (χ1) is 19.1. The number of phenolic OH excluding ortho intramolecular Hbond substituents is 1. The van der Waals surface area contributed by atoms with E-state index in [1.165, 1.54) is 17.7 Å². The van der Waals surface area contributed by atoms with Crippen LogP contribution < -0.4 is 10.6 Å². The molecule has 7 rings (SSSR count). The molecule has 1 saturated carbocycles. The normalized spacial score (nSPS) is 16.8. The first kappa shape index (κ1) is 23.9. The van der Waals surface area contributed by atoms with Crippen molar-refractivity contribution in [2.45, 2.75) is 24.8 Å². The zero-order valence-corrected chi connectivity index (χ0v) is 21.8. The van der Waals surface area contributed by atoms with E-state index in [1.807, 2.05) is 24.3 Å². The van der Waals surface area contributed by atoms with Crippen LogP contribution in [0, 0.1) is 0 Å². The van der Waals surface area contributed by atoms with E-state index in [4.69, 9.17) is 20.4 Å². The lowest BCUT2D eigenvalue weighted by molar-refractivity contribution is 0.122. The van der Waals surface area contributed by atoms with Crippen LogP contribution >= 0.6 is 0 Å². The van der Waals surface area contributed by atoms with Gasteiger partial charge >= 0.3 is 0 Å². The summed E-state index contributed by atoms with van der Waals surface area (Å²) >= 11 is 0. The monoisotopic (exact) mass is 517 g/mol. The van der Waals surface area contributed by atoms with Gasteiger partial charge in [-0.3, -0.25) is 4.57 Å². The van der Waals surface area contributed by atoms with E-state index in [0.29, 0.717) is 0 Å². The number of nitrogens with two attached hydrogens (primary N) is 1. The van der Waals surface area contributed by atoms with Crippen LogP contribution in [-0.4, -0.2) is 45.9 Å². The Morgan fingerprint density at radius 3 is 2.28 bits per heavy atom. The average Bonchev–Trinajstić information content (AvgIpc) is 3.36. The molecule has 0 atom stereocenters. The molecule has 0 amide bonds. The van der Waals surface area contributed by atoms with Gasteiger partial charge in [0.2, 0.25) is 0 Å². The van der Waals surface area contributed by atoms with Gasteiger partial charge < -0.3 is 20.5 Å². The Hall–Kier alpha value is -4.20. The molecule has 5 aromatic rings. The van der Waals surface area contributed by atoms with Crippen molar-refractivity contribution in [3.8, 4) is 34.1 Å².